The van der Waals surface area contributed by atoms with Gasteiger partial charge in [0.15, 0.2) is 0 Å². The van der Waals surface area contributed by atoms with Crippen molar-refractivity contribution in [2.75, 3.05) is 0 Å². The second kappa shape index (κ2) is 9.37. The van der Waals surface area contributed by atoms with Crippen LogP contribution in [0, 0.1) is 11.6 Å². The monoisotopic (exact) mass is 466 g/mol. The molecule has 2 aromatic carbocycles. The summed E-state index contributed by atoms with van der Waals surface area (Å²) in [7, 11) is 0. The van der Waals surface area contributed by atoms with Gasteiger partial charge in [0.1, 0.15) is 11.6 Å². The Hall–Kier alpha value is -2.16. The highest BCUT2D eigenvalue weighted by atomic mass is 19.4. The van der Waals surface area contributed by atoms with Crippen LogP contribution in [0.15, 0.2) is 42.5 Å². The molecule has 0 amide bonds. The first-order valence-corrected chi connectivity index (χ1v) is 10.3. The molecular formula is C23H22F8O. The predicted molar refractivity (Wildman–Crippen MR) is 102 cm³/mol. The third kappa shape index (κ3) is 4.77. The number of rotatable bonds is 5. The summed E-state index contributed by atoms with van der Waals surface area (Å²) >= 11 is 0. The normalized spacial score (nSPS) is 16.8. The first kappa shape index (κ1) is 24.5. The second-order valence-electron chi connectivity index (χ2n) is 7.98. The summed E-state index contributed by atoms with van der Waals surface area (Å²) in [5, 5.41) is 0. The molecule has 0 unspecified atom stereocenters. The van der Waals surface area contributed by atoms with E-state index in [1.165, 1.54) is 12.1 Å². The maximum Gasteiger partial charge on any atom is 0.430 e. The number of halogens is 8. The van der Waals surface area contributed by atoms with E-state index in [4.69, 9.17) is 0 Å². The molecule has 0 radical (unpaired) electrons. The molecule has 1 saturated carbocycles. The number of alkyl halides is 6. The van der Waals surface area contributed by atoms with E-state index in [2.05, 4.69) is 4.74 Å². The third-order valence-corrected chi connectivity index (χ3v) is 5.94. The van der Waals surface area contributed by atoms with E-state index in [-0.39, 0.29) is 5.92 Å². The van der Waals surface area contributed by atoms with E-state index in [1.807, 2.05) is 0 Å². The summed E-state index contributed by atoms with van der Waals surface area (Å²) in [6.45, 7) is -1.55. The minimum Gasteiger partial charge on any atom is -0.349 e. The highest BCUT2D eigenvalue weighted by Crippen LogP contribution is 2.53. The smallest absolute Gasteiger partial charge is 0.349 e. The predicted octanol–water partition coefficient (Wildman–Crippen LogP) is 7.94. The number of hydrogen-bond acceptors (Lipinski definition) is 1. The van der Waals surface area contributed by atoms with Crippen LogP contribution in [0.2, 0.25) is 0 Å². The van der Waals surface area contributed by atoms with Crippen molar-refractivity contribution < 1.29 is 39.9 Å². The molecule has 32 heavy (non-hydrogen) atoms. The third-order valence-electron chi connectivity index (χ3n) is 5.94. The van der Waals surface area contributed by atoms with Gasteiger partial charge in [0, 0.05) is 11.1 Å². The Balaban J connectivity index is 2.00. The minimum absolute atomic E-state index is 0.0613. The van der Waals surface area contributed by atoms with Gasteiger partial charge in [-0.1, -0.05) is 56.0 Å². The maximum absolute atomic E-state index is 13.9. The molecule has 1 aliphatic carbocycles. The van der Waals surface area contributed by atoms with E-state index in [9.17, 15) is 35.1 Å². The van der Waals surface area contributed by atoms with Crippen molar-refractivity contribution in [3.63, 3.8) is 0 Å². The lowest BCUT2D eigenvalue weighted by Crippen LogP contribution is -2.55. The molecule has 0 aliphatic heterocycles. The largest absolute Gasteiger partial charge is 0.430 e. The van der Waals surface area contributed by atoms with Crippen molar-refractivity contribution in [2.45, 2.75) is 69.0 Å². The fourth-order valence-corrected chi connectivity index (χ4v) is 4.19. The van der Waals surface area contributed by atoms with Crippen molar-refractivity contribution >= 4 is 0 Å². The molecule has 0 atom stereocenters. The van der Waals surface area contributed by atoms with Crippen LogP contribution >= 0.6 is 0 Å². The topological polar surface area (TPSA) is 9.23 Å². The van der Waals surface area contributed by atoms with Gasteiger partial charge < -0.3 is 4.74 Å². The van der Waals surface area contributed by atoms with Crippen LogP contribution in [0.25, 0.3) is 0 Å². The lowest BCUT2D eigenvalue weighted by molar-refractivity contribution is -0.392. The average molecular weight is 466 g/mol. The van der Waals surface area contributed by atoms with Crippen LogP contribution in [0.1, 0.15) is 61.1 Å². The average Bonchev–Trinajstić information content (AvgIpc) is 2.98. The first-order chi connectivity index (χ1) is 15.0. The minimum atomic E-state index is -5.93. The molecule has 176 valence electrons. The van der Waals surface area contributed by atoms with Crippen molar-refractivity contribution in [3.8, 4) is 0 Å². The van der Waals surface area contributed by atoms with E-state index >= 15 is 0 Å². The summed E-state index contributed by atoms with van der Waals surface area (Å²) in [4.78, 5) is 0. The zero-order chi connectivity index (χ0) is 23.6. The van der Waals surface area contributed by atoms with Crippen LogP contribution in [0.3, 0.4) is 0 Å². The zero-order valence-corrected chi connectivity index (χ0v) is 17.0. The van der Waals surface area contributed by atoms with Crippen LogP contribution in [-0.2, 0) is 16.9 Å². The summed E-state index contributed by atoms with van der Waals surface area (Å²) in [5.74, 6) is -2.54. The molecule has 0 N–H and O–H groups in total. The van der Waals surface area contributed by atoms with Gasteiger partial charge in [0.05, 0.1) is 6.61 Å². The van der Waals surface area contributed by atoms with Gasteiger partial charge in [-0.25, -0.2) is 8.78 Å². The number of hydrogen-bond donors (Lipinski definition) is 0. The highest BCUT2D eigenvalue weighted by Gasteiger charge is 2.73. The number of benzene rings is 2. The molecule has 9 heteroatoms. The van der Waals surface area contributed by atoms with Gasteiger partial charge in [-0.2, -0.15) is 26.3 Å². The molecule has 0 aromatic heterocycles. The van der Waals surface area contributed by atoms with E-state index in [1.54, 1.807) is 0 Å². The van der Waals surface area contributed by atoms with Crippen LogP contribution in [0.4, 0.5) is 35.1 Å². The molecule has 0 spiro atoms. The van der Waals surface area contributed by atoms with Gasteiger partial charge in [-0.3, -0.25) is 0 Å². The van der Waals surface area contributed by atoms with Crippen molar-refractivity contribution in [2.24, 2.45) is 0 Å². The van der Waals surface area contributed by atoms with Crippen LogP contribution in [-0.4, -0.2) is 12.4 Å². The molecule has 0 saturated heterocycles. The summed E-state index contributed by atoms with van der Waals surface area (Å²) < 4.78 is 116. The molecule has 0 bridgehead atoms. The SMILES string of the molecule is Fc1cccc(F)c1COC(c1ccc(C2CCCCCC2)cc1)(C(F)(F)F)C(F)(F)F. The van der Waals surface area contributed by atoms with Gasteiger partial charge >= 0.3 is 12.4 Å². The quantitative estimate of drug-likeness (QED) is 0.321. The Labute approximate surface area is 180 Å². The molecule has 1 nitrogen and oxygen atoms in total. The van der Waals surface area contributed by atoms with Crippen LogP contribution in [0.5, 0.6) is 0 Å². The Kier molecular flexibility index (Phi) is 7.17. The van der Waals surface area contributed by atoms with Gasteiger partial charge in [0.2, 0.25) is 0 Å². The van der Waals surface area contributed by atoms with Crippen molar-refractivity contribution in [3.05, 3.63) is 70.8 Å². The van der Waals surface area contributed by atoms with E-state index < -0.39 is 47.3 Å². The van der Waals surface area contributed by atoms with Gasteiger partial charge in [-0.15, -0.1) is 0 Å². The Morgan fingerprint density at radius 1 is 0.719 bits per heavy atom. The fourth-order valence-electron chi connectivity index (χ4n) is 4.19. The van der Waals surface area contributed by atoms with Gasteiger partial charge in [0.25, 0.3) is 5.60 Å². The second-order valence-corrected chi connectivity index (χ2v) is 7.98. The Morgan fingerprint density at radius 3 is 1.69 bits per heavy atom. The van der Waals surface area contributed by atoms with Crippen LogP contribution < -0.4 is 0 Å². The molecular weight excluding hydrogens is 444 g/mol. The molecule has 1 aliphatic rings. The summed E-state index contributed by atoms with van der Waals surface area (Å²) in [6.07, 6.45) is -6.27. The van der Waals surface area contributed by atoms with Crippen molar-refractivity contribution in [1.29, 1.82) is 0 Å². The molecule has 2 aromatic rings. The molecule has 3 rings (SSSR count). The highest BCUT2D eigenvalue weighted by molar-refractivity contribution is 5.32. The fraction of sp³-hybridized carbons (Fsp3) is 0.478. The summed E-state index contributed by atoms with van der Waals surface area (Å²) in [5.41, 5.74) is -6.28. The Bertz CT molecular complexity index is 859. The summed E-state index contributed by atoms with van der Waals surface area (Å²) in [6, 6.07) is 6.41. The van der Waals surface area contributed by atoms with Crippen molar-refractivity contribution in [1.82, 2.24) is 0 Å². The Morgan fingerprint density at radius 2 is 1.22 bits per heavy atom. The maximum atomic E-state index is 13.9. The number of ether oxygens (including phenoxy) is 1. The lowest BCUT2D eigenvalue weighted by atomic mass is 9.87. The van der Waals surface area contributed by atoms with Gasteiger partial charge in [-0.05, 0) is 36.5 Å². The molecule has 0 heterocycles. The standard InChI is InChI=1S/C23H22F8O/c24-19-8-5-9-20(25)18(19)14-32-21(22(26,27)28,23(29,30)31)17-12-10-16(11-13-17)15-6-3-1-2-4-7-15/h5,8-13,15H,1-4,6-7,14H2. The van der Waals surface area contributed by atoms with E-state index in [0.717, 1.165) is 68.9 Å². The molecule has 1 fully saturated rings. The first-order valence-electron chi connectivity index (χ1n) is 10.3. The lowest BCUT2D eigenvalue weighted by Gasteiger charge is -2.37. The zero-order valence-electron chi connectivity index (χ0n) is 17.0. The van der Waals surface area contributed by atoms with E-state index in [0.29, 0.717) is 5.56 Å².